The van der Waals surface area contributed by atoms with Crippen LogP contribution in [0.4, 0.5) is 0 Å². The topological polar surface area (TPSA) is 44.8 Å². The molecule has 0 aromatic heterocycles. The van der Waals surface area contributed by atoms with Gasteiger partial charge in [-0.15, -0.1) is 0 Å². The Bertz CT molecular complexity index is 487. The number of carbonyl (C=O) groups is 1. The number of carbonyl (C=O) groups excluding carboxylic acids is 1. The summed E-state index contributed by atoms with van der Waals surface area (Å²) in [5.41, 5.74) is 0.567. The van der Waals surface area contributed by atoms with E-state index in [4.69, 9.17) is 14.2 Å². The Morgan fingerprint density at radius 3 is 2.63 bits per heavy atom. The largest absolute Gasteiger partial charge is 0.495 e. The molecule has 1 saturated heterocycles. The molecule has 2 rings (SSSR count). The van der Waals surface area contributed by atoms with Crippen molar-refractivity contribution in [2.75, 3.05) is 20.8 Å². The molecule has 104 valence electrons. The van der Waals surface area contributed by atoms with E-state index < -0.39 is 0 Å². The van der Waals surface area contributed by atoms with E-state index >= 15 is 0 Å². The average molecular weight is 329 g/mol. The van der Waals surface area contributed by atoms with Gasteiger partial charge in [0.05, 0.1) is 31.8 Å². The van der Waals surface area contributed by atoms with Crippen molar-refractivity contribution in [1.82, 2.24) is 0 Å². The maximum Gasteiger partial charge on any atom is 0.172 e. The zero-order chi connectivity index (χ0) is 14.0. The number of ketones is 1. The molecule has 1 aliphatic rings. The minimum absolute atomic E-state index is 0.0434. The van der Waals surface area contributed by atoms with Gasteiger partial charge in [0.2, 0.25) is 0 Å². The van der Waals surface area contributed by atoms with Gasteiger partial charge in [-0.1, -0.05) is 0 Å². The lowest BCUT2D eigenvalue weighted by atomic mass is 9.92. The van der Waals surface area contributed by atoms with Gasteiger partial charge in [0.15, 0.2) is 5.78 Å². The minimum atomic E-state index is -0.103. The molecule has 1 aliphatic heterocycles. The number of hydrogen-bond acceptors (Lipinski definition) is 4. The van der Waals surface area contributed by atoms with Crippen LogP contribution in [0.25, 0.3) is 0 Å². The Labute approximate surface area is 121 Å². The summed E-state index contributed by atoms with van der Waals surface area (Å²) < 4.78 is 16.7. The van der Waals surface area contributed by atoms with Gasteiger partial charge < -0.3 is 14.2 Å². The summed E-state index contributed by atoms with van der Waals surface area (Å²) in [6, 6.07) is 3.51. The van der Waals surface area contributed by atoms with Crippen LogP contribution in [0.2, 0.25) is 0 Å². The second-order valence-corrected chi connectivity index (χ2v) is 5.29. The zero-order valence-electron chi connectivity index (χ0n) is 11.2. The van der Waals surface area contributed by atoms with Gasteiger partial charge in [-0.05, 0) is 41.4 Å². The molecule has 0 bridgehead atoms. The van der Waals surface area contributed by atoms with Gasteiger partial charge in [0.25, 0.3) is 0 Å². The molecule has 0 saturated carbocycles. The van der Waals surface area contributed by atoms with Crippen LogP contribution in [0, 0.1) is 5.92 Å². The zero-order valence-corrected chi connectivity index (χ0v) is 12.8. The molecule has 0 aliphatic carbocycles. The highest BCUT2D eigenvalue weighted by Gasteiger charge is 2.33. The van der Waals surface area contributed by atoms with E-state index in [2.05, 4.69) is 15.9 Å². The molecular weight excluding hydrogens is 312 g/mol. The highest BCUT2D eigenvalue weighted by molar-refractivity contribution is 9.10. The summed E-state index contributed by atoms with van der Waals surface area (Å²) >= 11 is 3.41. The van der Waals surface area contributed by atoms with Crippen molar-refractivity contribution in [1.29, 1.82) is 0 Å². The predicted molar refractivity (Wildman–Crippen MR) is 75.1 cm³/mol. The molecule has 0 N–H and O–H groups in total. The lowest BCUT2D eigenvalue weighted by Gasteiger charge is -2.17. The summed E-state index contributed by atoms with van der Waals surface area (Å²) in [6.07, 6.45) is 0.713. The Hall–Kier alpha value is -1.07. The smallest absolute Gasteiger partial charge is 0.172 e. The second kappa shape index (κ2) is 5.92. The summed E-state index contributed by atoms with van der Waals surface area (Å²) in [5.74, 6) is 1.12. The number of benzene rings is 1. The lowest BCUT2D eigenvalue weighted by Crippen LogP contribution is -2.22. The fourth-order valence-electron chi connectivity index (χ4n) is 2.37. The van der Waals surface area contributed by atoms with E-state index in [1.165, 1.54) is 0 Å². The molecule has 2 atom stereocenters. The highest BCUT2D eigenvalue weighted by Crippen LogP contribution is 2.39. The molecule has 0 radical (unpaired) electrons. The first-order chi connectivity index (χ1) is 9.10. The van der Waals surface area contributed by atoms with Crippen molar-refractivity contribution < 1.29 is 19.0 Å². The van der Waals surface area contributed by atoms with Crippen molar-refractivity contribution in [2.24, 2.45) is 5.92 Å². The van der Waals surface area contributed by atoms with Crippen molar-refractivity contribution in [3.05, 3.63) is 22.2 Å². The third-order valence-corrected chi connectivity index (χ3v) is 4.22. The first-order valence-electron chi connectivity index (χ1n) is 6.16. The van der Waals surface area contributed by atoms with Crippen LogP contribution in [0.5, 0.6) is 11.5 Å². The van der Waals surface area contributed by atoms with E-state index in [0.29, 0.717) is 28.1 Å². The van der Waals surface area contributed by atoms with Gasteiger partial charge in [0, 0.05) is 6.61 Å². The SMILES string of the molecule is COc1ccc(C(=O)C2CCOC2C)c(OC)c1Br. The highest BCUT2D eigenvalue weighted by atomic mass is 79.9. The maximum atomic E-state index is 12.6. The van der Waals surface area contributed by atoms with Gasteiger partial charge >= 0.3 is 0 Å². The van der Waals surface area contributed by atoms with Gasteiger partial charge in [-0.3, -0.25) is 4.79 Å². The number of rotatable bonds is 4. The predicted octanol–water partition coefficient (Wildman–Crippen LogP) is 3.07. The van der Waals surface area contributed by atoms with Crippen molar-refractivity contribution in [3.8, 4) is 11.5 Å². The standard InChI is InChI=1S/C14H17BrO4/c1-8-9(6-7-19-8)13(16)10-4-5-11(17-2)12(15)14(10)18-3/h4-5,8-9H,6-7H2,1-3H3. The Kier molecular flexibility index (Phi) is 4.47. The first kappa shape index (κ1) is 14.3. The van der Waals surface area contributed by atoms with E-state index in [-0.39, 0.29) is 17.8 Å². The van der Waals surface area contributed by atoms with Crippen molar-refractivity contribution in [3.63, 3.8) is 0 Å². The van der Waals surface area contributed by atoms with E-state index in [0.717, 1.165) is 6.42 Å². The molecular formula is C14H17BrO4. The minimum Gasteiger partial charge on any atom is -0.495 e. The number of halogens is 1. The van der Waals surface area contributed by atoms with Crippen LogP contribution in [0.1, 0.15) is 23.7 Å². The van der Waals surface area contributed by atoms with E-state index in [9.17, 15) is 4.79 Å². The summed E-state index contributed by atoms with van der Waals surface area (Å²) in [7, 11) is 3.12. The van der Waals surface area contributed by atoms with Gasteiger partial charge in [-0.2, -0.15) is 0 Å². The fraction of sp³-hybridized carbons (Fsp3) is 0.500. The number of methoxy groups -OCH3 is 2. The van der Waals surface area contributed by atoms with Crippen molar-refractivity contribution in [2.45, 2.75) is 19.4 Å². The Balaban J connectivity index is 2.39. The number of ether oxygens (including phenoxy) is 3. The monoisotopic (exact) mass is 328 g/mol. The maximum absolute atomic E-state index is 12.6. The third kappa shape index (κ3) is 2.62. The average Bonchev–Trinajstić information content (AvgIpc) is 2.83. The molecule has 5 heteroatoms. The lowest BCUT2D eigenvalue weighted by molar-refractivity contribution is 0.0761. The molecule has 4 nitrogen and oxygen atoms in total. The molecule has 1 heterocycles. The summed E-state index contributed by atoms with van der Waals surface area (Å²) in [5, 5.41) is 0. The van der Waals surface area contributed by atoms with Gasteiger partial charge in [-0.25, -0.2) is 0 Å². The Morgan fingerprint density at radius 2 is 2.11 bits per heavy atom. The van der Waals surface area contributed by atoms with E-state index in [1.807, 2.05) is 6.92 Å². The molecule has 0 spiro atoms. The molecule has 1 aromatic rings. The normalized spacial score (nSPS) is 22.3. The van der Waals surface area contributed by atoms with Gasteiger partial charge in [0.1, 0.15) is 16.0 Å². The van der Waals surface area contributed by atoms with Crippen LogP contribution in [-0.4, -0.2) is 32.7 Å². The summed E-state index contributed by atoms with van der Waals surface area (Å²) in [4.78, 5) is 12.6. The van der Waals surface area contributed by atoms with Crippen LogP contribution in [-0.2, 0) is 4.74 Å². The fourth-order valence-corrected chi connectivity index (χ4v) is 3.03. The van der Waals surface area contributed by atoms with Crippen molar-refractivity contribution >= 4 is 21.7 Å². The third-order valence-electron chi connectivity index (χ3n) is 3.46. The number of Topliss-reactive ketones (excluding diaryl/α,β-unsaturated/α-hetero) is 1. The van der Waals surface area contributed by atoms with Crippen LogP contribution in [0.15, 0.2) is 16.6 Å². The summed E-state index contributed by atoms with van der Waals surface area (Å²) in [6.45, 7) is 2.57. The van der Waals surface area contributed by atoms with E-state index in [1.54, 1.807) is 26.4 Å². The van der Waals surface area contributed by atoms with Crippen LogP contribution >= 0.6 is 15.9 Å². The second-order valence-electron chi connectivity index (χ2n) is 4.50. The first-order valence-corrected chi connectivity index (χ1v) is 6.95. The molecule has 0 amide bonds. The number of hydrogen-bond donors (Lipinski definition) is 0. The van der Waals surface area contributed by atoms with Crippen LogP contribution in [0.3, 0.4) is 0 Å². The molecule has 1 aromatic carbocycles. The molecule has 19 heavy (non-hydrogen) atoms. The molecule has 1 fully saturated rings. The Morgan fingerprint density at radius 1 is 1.37 bits per heavy atom. The van der Waals surface area contributed by atoms with Crippen LogP contribution < -0.4 is 9.47 Å². The quantitative estimate of drug-likeness (QED) is 0.797. The molecule has 2 unspecified atom stereocenters.